The summed E-state index contributed by atoms with van der Waals surface area (Å²) in [4.78, 5) is 37.5. The van der Waals surface area contributed by atoms with Gasteiger partial charge in [-0.15, -0.1) is 0 Å². The summed E-state index contributed by atoms with van der Waals surface area (Å²) in [6.45, 7) is 8.41. The van der Waals surface area contributed by atoms with Gasteiger partial charge in [-0.1, -0.05) is 48.5 Å². The van der Waals surface area contributed by atoms with Crippen LogP contribution in [0.2, 0.25) is 0 Å². The topological polar surface area (TPSA) is 81.7 Å². The first kappa shape index (κ1) is 23.1. The second-order valence-corrected chi connectivity index (χ2v) is 8.20. The normalized spacial score (nSPS) is 12.0. The Morgan fingerprint density at radius 2 is 1.53 bits per heavy atom. The number of ether oxygens (including phenoxy) is 2. The maximum Gasteiger partial charge on any atom is 0.408 e. The molecule has 1 atom stereocenters. The van der Waals surface area contributed by atoms with Gasteiger partial charge in [0.25, 0.3) is 0 Å². The van der Waals surface area contributed by atoms with Crippen LogP contribution >= 0.6 is 0 Å². The summed E-state index contributed by atoms with van der Waals surface area (Å²) >= 11 is 0. The highest BCUT2D eigenvalue weighted by Crippen LogP contribution is 2.15. The second kappa shape index (κ2) is 10.1. The van der Waals surface area contributed by atoms with Crippen molar-refractivity contribution >= 4 is 17.8 Å². The lowest BCUT2D eigenvalue weighted by molar-refractivity contribution is -0.124. The first-order chi connectivity index (χ1) is 14.1. The summed E-state index contributed by atoms with van der Waals surface area (Å²) < 4.78 is 10.5. The van der Waals surface area contributed by atoms with Crippen LogP contribution in [0.3, 0.4) is 0 Å². The number of alkyl carbamates (subject to hydrolysis) is 1. The van der Waals surface area contributed by atoms with Crippen molar-refractivity contribution in [2.75, 3.05) is 6.61 Å². The van der Waals surface area contributed by atoms with Gasteiger partial charge in [-0.25, -0.2) is 9.59 Å². The van der Waals surface area contributed by atoms with Gasteiger partial charge in [0.1, 0.15) is 5.60 Å². The molecular formula is C24H29NO5. The summed E-state index contributed by atoms with van der Waals surface area (Å²) in [6, 6.07) is 13.9. The number of nitrogens with one attached hydrogen (secondary N) is 1. The lowest BCUT2D eigenvalue weighted by Gasteiger charge is -2.23. The molecule has 0 saturated carbocycles. The van der Waals surface area contributed by atoms with Gasteiger partial charge in [0.2, 0.25) is 0 Å². The Bertz CT molecular complexity index is 879. The molecule has 0 bridgehead atoms. The molecule has 2 aromatic rings. The van der Waals surface area contributed by atoms with E-state index < -0.39 is 36.1 Å². The number of rotatable bonds is 7. The minimum Gasteiger partial charge on any atom is -0.454 e. The molecule has 0 heterocycles. The van der Waals surface area contributed by atoms with E-state index in [1.165, 1.54) is 0 Å². The van der Waals surface area contributed by atoms with Gasteiger partial charge in [0, 0.05) is 6.42 Å². The maximum atomic E-state index is 12.8. The summed E-state index contributed by atoms with van der Waals surface area (Å²) in [5.74, 6) is -0.973. The van der Waals surface area contributed by atoms with Crippen molar-refractivity contribution in [1.82, 2.24) is 5.32 Å². The molecule has 1 N–H and O–H groups in total. The number of carbonyl (C=O) groups is 3. The predicted molar refractivity (Wildman–Crippen MR) is 115 cm³/mol. The molecule has 6 heteroatoms. The van der Waals surface area contributed by atoms with Crippen molar-refractivity contribution < 1.29 is 23.9 Å². The molecule has 160 valence electrons. The number of hydrogen-bond donors (Lipinski definition) is 1. The first-order valence-electron chi connectivity index (χ1n) is 9.86. The Morgan fingerprint density at radius 1 is 0.933 bits per heavy atom. The molecule has 2 aromatic carbocycles. The van der Waals surface area contributed by atoms with Crippen LogP contribution in [0.25, 0.3) is 0 Å². The second-order valence-electron chi connectivity index (χ2n) is 8.20. The van der Waals surface area contributed by atoms with E-state index in [0.29, 0.717) is 5.56 Å². The largest absolute Gasteiger partial charge is 0.454 e. The standard InChI is InChI=1S/C24H29NO5/c1-16-10-9-11-17(2)21(16)22(27)29-15-20(26)19(14-18-12-7-6-8-13-18)25-23(28)30-24(3,4)5/h6-13,19H,14-15H2,1-5H3,(H,25,28)/t19-/m0/s1. The van der Waals surface area contributed by atoms with Crippen molar-refractivity contribution in [3.63, 3.8) is 0 Å². The van der Waals surface area contributed by atoms with Gasteiger partial charge < -0.3 is 14.8 Å². The first-order valence-corrected chi connectivity index (χ1v) is 9.86. The van der Waals surface area contributed by atoms with E-state index in [1.807, 2.05) is 62.4 Å². The Hall–Kier alpha value is -3.15. The number of benzene rings is 2. The molecule has 0 radical (unpaired) electrons. The van der Waals surface area contributed by atoms with E-state index in [1.54, 1.807) is 20.8 Å². The van der Waals surface area contributed by atoms with Crippen molar-refractivity contribution in [3.8, 4) is 0 Å². The van der Waals surface area contributed by atoms with Crippen molar-refractivity contribution in [3.05, 3.63) is 70.8 Å². The van der Waals surface area contributed by atoms with Crippen LogP contribution in [0.5, 0.6) is 0 Å². The zero-order chi connectivity index (χ0) is 22.3. The van der Waals surface area contributed by atoms with Crippen molar-refractivity contribution in [1.29, 1.82) is 0 Å². The highest BCUT2D eigenvalue weighted by atomic mass is 16.6. The van der Waals surface area contributed by atoms with Gasteiger partial charge >= 0.3 is 12.1 Å². The molecule has 0 aliphatic carbocycles. The molecule has 0 aromatic heterocycles. The fourth-order valence-corrected chi connectivity index (χ4v) is 2.99. The summed E-state index contributed by atoms with van der Waals surface area (Å²) in [5, 5.41) is 2.61. The highest BCUT2D eigenvalue weighted by molar-refractivity contribution is 5.95. The number of hydrogen-bond acceptors (Lipinski definition) is 5. The number of carbonyl (C=O) groups excluding carboxylic acids is 3. The number of aryl methyl sites for hydroxylation is 2. The third-order valence-electron chi connectivity index (χ3n) is 4.39. The van der Waals surface area contributed by atoms with E-state index in [2.05, 4.69) is 5.32 Å². The number of esters is 1. The average Bonchev–Trinajstić information content (AvgIpc) is 2.64. The molecule has 0 aliphatic rings. The average molecular weight is 411 g/mol. The zero-order valence-electron chi connectivity index (χ0n) is 18.2. The fourth-order valence-electron chi connectivity index (χ4n) is 2.99. The number of Topliss-reactive ketones (excluding diaryl/α,β-unsaturated/α-hetero) is 1. The van der Waals surface area contributed by atoms with Crippen molar-refractivity contribution in [2.24, 2.45) is 0 Å². The van der Waals surface area contributed by atoms with Crippen LogP contribution in [0.4, 0.5) is 4.79 Å². The van der Waals surface area contributed by atoms with Gasteiger partial charge in [0.05, 0.1) is 11.6 Å². The molecular weight excluding hydrogens is 382 g/mol. The third-order valence-corrected chi connectivity index (χ3v) is 4.39. The molecule has 0 spiro atoms. The quantitative estimate of drug-likeness (QED) is 0.692. The lowest BCUT2D eigenvalue weighted by atomic mass is 10.0. The van der Waals surface area contributed by atoms with E-state index in [4.69, 9.17) is 9.47 Å². The molecule has 1 amide bonds. The zero-order valence-corrected chi connectivity index (χ0v) is 18.2. The Kier molecular flexibility index (Phi) is 7.75. The van der Waals surface area contributed by atoms with E-state index >= 15 is 0 Å². The molecule has 0 aliphatic heterocycles. The minimum absolute atomic E-state index is 0.264. The van der Waals surface area contributed by atoms with Crippen LogP contribution in [-0.2, 0) is 20.7 Å². The van der Waals surface area contributed by atoms with E-state index in [-0.39, 0.29) is 6.42 Å². The monoisotopic (exact) mass is 411 g/mol. The third kappa shape index (κ3) is 7.03. The van der Waals surface area contributed by atoms with Crippen LogP contribution in [0.1, 0.15) is 47.8 Å². The van der Waals surface area contributed by atoms with Crippen LogP contribution in [-0.4, -0.2) is 36.1 Å². The summed E-state index contributed by atoms with van der Waals surface area (Å²) in [7, 11) is 0. The summed E-state index contributed by atoms with van der Waals surface area (Å²) in [5.41, 5.74) is 2.18. The fraction of sp³-hybridized carbons (Fsp3) is 0.375. The Morgan fingerprint density at radius 3 is 2.10 bits per heavy atom. The van der Waals surface area contributed by atoms with E-state index in [9.17, 15) is 14.4 Å². The van der Waals surface area contributed by atoms with Gasteiger partial charge in [0.15, 0.2) is 12.4 Å². The molecule has 0 unspecified atom stereocenters. The summed E-state index contributed by atoms with van der Waals surface area (Å²) in [6.07, 6.45) is -0.433. The van der Waals surface area contributed by atoms with Crippen LogP contribution in [0.15, 0.2) is 48.5 Å². The van der Waals surface area contributed by atoms with Crippen molar-refractivity contribution in [2.45, 2.75) is 52.7 Å². The number of ketones is 1. The minimum atomic E-state index is -0.881. The Labute approximate surface area is 177 Å². The predicted octanol–water partition coefficient (Wildman–Crippen LogP) is 4.17. The molecule has 6 nitrogen and oxygen atoms in total. The SMILES string of the molecule is Cc1cccc(C)c1C(=O)OCC(=O)[C@H](Cc1ccccc1)NC(=O)OC(C)(C)C. The van der Waals surface area contributed by atoms with Gasteiger partial charge in [-0.3, -0.25) is 4.79 Å². The Balaban J connectivity index is 2.09. The smallest absolute Gasteiger partial charge is 0.408 e. The molecule has 0 saturated heterocycles. The highest BCUT2D eigenvalue weighted by Gasteiger charge is 2.26. The van der Waals surface area contributed by atoms with E-state index in [0.717, 1.165) is 16.7 Å². The number of amides is 1. The van der Waals surface area contributed by atoms with Gasteiger partial charge in [-0.2, -0.15) is 0 Å². The maximum absolute atomic E-state index is 12.8. The molecule has 2 rings (SSSR count). The van der Waals surface area contributed by atoms with Crippen LogP contribution < -0.4 is 5.32 Å². The van der Waals surface area contributed by atoms with Crippen LogP contribution in [0, 0.1) is 13.8 Å². The lowest BCUT2D eigenvalue weighted by Crippen LogP contribution is -2.46. The van der Waals surface area contributed by atoms with Gasteiger partial charge in [-0.05, 0) is 51.3 Å². The molecule has 0 fully saturated rings. The molecule has 30 heavy (non-hydrogen) atoms.